The van der Waals surface area contributed by atoms with Crippen LogP contribution in [0.5, 0.6) is 5.75 Å². The molecule has 6 bridgehead atoms. The summed E-state index contributed by atoms with van der Waals surface area (Å²) in [7, 11) is -0.662. The van der Waals surface area contributed by atoms with Crippen molar-refractivity contribution in [3.8, 4) is 28.1 Å². The number of aryl methyl sites for hydroxylation is 2. The van der Waals surface area contributed by atoms with Crippen LogP contribution in [-0.2, 0) is 44.9 Å². The summed E-state index contributed by atoms with van der Waals surface area (Å²) in [6.45, 7) is 27.7. The van der Waals surface area contributed by atoms with Crippen LogP contribution in [0, 0.1) is 11.3 Å². The Morgan fingerprint density at radius 3 is 2.33 bits per heavy atom. The van der Waals surface area contributed by atoms with Crippen LogP contribution in [0.4, 0.5) is 0 Å². The molecule has 6 rings (SSSR count). The average Bonchev–Trinajstić information content (AvgIpc) is 3.54. The number of fused-ring (bicyclic) bond motifs is 6. The second-order valence-electron chi connectivity index (χ2n) is 20.0. The zero-order valence-corrected chi connectivity index (χ0v) is 41.3. The molecule has 2 amide bonds. The molecular formula is C51H74N6O5Si. The largest absolute Gasteiger partial charge is 0.543 e. The third kappa shape index (κ3) is 9.93. The molecule has 2 aliphatic rings. The number of rotatable bonds is 12. The Kier molecular flexibility index (Phi) is 15.0. The average molecular weight is 879 g/mol. The summed E-state index contributed by atoms with van der Waals surface area (Å²) in [6.07, 6.45) is 6.73. The summed E-state index contributed by atoms with van der Waals surface area (Å²) in [4.78, 5) is 47.3. The molecule has 11 nitrogen and oxygen atoms in total. The molecule has 0 saturated carbocycles. The normalized spacial score (nSPS) is 19.2. The Bertz CT molecular complexity index is 2260. The smallest absolute Gasteiger partial charge is 0.324 e. The van der Waals surface area contributed by atoms with Gasteiger partial charge < -0.3 is 24.4 Å². The van der Waals surface area contributed by atoms with Crippen molar-refractivity contribution in [2.45, 2.75) is 156 Å². The van der Waals surface area contributed by atoms with E-state index >= 15 is 0 Å². The van der Waals surface area contributed by atoms with Gasteiger partial charge in [-0.15, -0.1) is 0 Å². The van der Waals surface area contributed by atoms with Crippen molar-refractivity contribution in [1.29, 1.82) is 0 Å². The number of ether oxygens (including phenoxy) is 1. The van der Waals surface area contributed by atoms with Gasteiger partial charge >= 0.3 is 5.97 Å². The number of benzene rings is 2. The van der Waals surface area contributed by atoms with Crippen LogP contribution in [0.2, 0.25) is 16.6 Å². The number of likely N-dealkylation sites (N-methyl/N-ethyl adjacent to an activating group) is 1. The van der Waals surface area contributed by atoms with E-state index in [0.717, 1.165) is 57.6 Å². The van der Waals surface area contributed by atoms with E-state index in [2.05, 4.69) is 137 Å². The summed E-state index contributed by atoms with van der Waals surface area (Å²) in [5, 5.41) is 8.95. The van der Waals surface area contributed by atoms with Gasteiger partial charge in [-0.3, -0.25) is 24.4 Å². The zero-order valence-electron chi connectivity index (χ0n) is 40.3. The number of aromatic nitrogens is 2. The third-order valence-corrected chi connectivity index (χ3v) is 19.6. The Morgan fingerprint density at radius 1 is 0.984 bits per heavy atom. The lowest BCUT2D eigenvalue weighted by Gasteiger charge is -2.42. The fourth-order valence-electron chi connectivity index (χ4n) is 10.6. The second-order valence-corrected chi connectivity index (χ2v) is 25.4. The molecule has 342 valence electrons. The summed E-state index contributed by atoms with van der Waals surface area (Å²) in [5.41, 5.74) is 12.5. The molecule has 0 aliphatic carbocycles. The van der Waals surface area contributed by atoms with Crippen molar-refractivity contribution >= 4 is 37.0 Å². The molecule has 4 heterocycles. The number of pyridine rings is 1. The topological polar surface area (TPSA) is 127 Å². The first kappa shape index (κ1) is 47.9. The molecule has 63 heavy (non-hydrogen) atoms. The zero-order chi connectivity index (χ0) is 46.0. The number of carbonyl (C=O) groups excluding carboxylic acids is 3. The van der Waals surface area contributed by atoms with Gasteiger partial charge in [0.1, 0.15) is 17.8 Å². The molecule has 1 fully saturated rings. The maximum Gasteiger partial charge on any atom is 0.324 e. The van der Waals surface area contributed by atoms with Crippen LogP contribution in [0.15, 0.2) is 54.9 Å². The van der Waals surface area contributed by atoms with Crippen LogP contribution < -0.4 is 20.5 Å². The van der Waals surface area contributed by atoms with E-state index in [-0.39, 0.29) is 36.7 Å². The number of hydrogen-bond donors (Lipinski definition) is 3. The van der Waals surface area contributed by atoms with E-state index in [1.165, 1.54) is 16.1 Å². The van der Waals surface area contributed by atoms with Crippen LogP contribution in [-0.4, -0.2) is 79.0 Å². The van der Waals surface area contributed by atoms with Crippen molar-refractivity contribution in [2.24, 2.45) is 11.3 Å². The van der Waals surface area contributed by atoms with Crippen LogP contribution >= 0.6 is 0 Å². The van der Waals surface area contributed by atoms with Crippen molar-refractivity contribution < 1.29 is 23.5 Å². The highest BCUT2D eigenvalue weighted by atomic mass is 28.4. The van der Waals surface area contributed by atoms with Crippen molar-refractivity contribution in [1.82, 2.24) is 30.6 Å². The van der Waals surface area contributed by atoms with Gasteiger partial charge in [0, 0.05) is 53.8 Å². The standard InChI is InChI=1S/C51H74N6O5Si/c1-14-36-20-21-53-29-42(36)47-41-28-51(11,12)30-61-50(60)43-17-16-22-57(55-43)49(59)44(54-48(58)46(52-13)31(3)4)25-35-23-38(37-18-19-45(40(41)27-37)56(47)15-2)26-39(24-35)62-63(32(5)6,33(7)8)34(9)10/h18-21,23-24,26-27,29,31-34,43-44,46,52,55H,14-17,22,25,28,30H2,1-13H3,(H,54,58)/t43-,44-,46-/m0/s1. The van der Waals surface area contributed by atoms with Gasteiger partial charge in [0.05, 0.1) is 18.3 Å². The minimum Gasteiger partial charge on any atom is -0.543 e. The van der Waals surface area contributed by atoms with Crippen molar-refractivity contribution in [3.05, 3.63) is 71.5 Å². The van der Waals surface area contributed by atoms with Crippen molar-refractivity contribution in [2.75, 3.05) is 20.2 Å². The highest BCUT2D eigenvalue weighted by Gasteiger charge is 2.47. The lowest BCUT2D eigenvalue weighted by atomic mass is 9.84. The molecule has 2 aliphatic heterocycles. The SMILES string of the molecule is CCc1ccncc1-c1c2c3cc(ccc3n1CC)-c1cc(cc(O[Si](C(C)C)(C(C)C)C(C)C)c1)C[C@H](NC(=O)[C@@H](NC)C(C)C)C(=O)N1CCC[C@H](N1)C(=O)OCC(C)(C)C2. The summed E-state index contributed by atoms with van der Waals surface area (Å²) in [5.74, 6) is -0.178. The number of hydrogen-bond acceptors (Lipinski definition) is 8. The first-order valence-electron chi connectivity index (χ1n) is 23.5. The molecule has 1 saturated heterocycles. The predicted octanol–water partition coefficient (Wildman–Crippen LogP) is 9.40. The lowest BCUT2D eigenvalue weighted by Crippen LogP contribution is -2.61. The Balaban J connectivity index is 1.63. The van der Waals surface area contributed by atoms with Crippen molar-refractivity contribution in [3.63, 3.8) is 0 Å². The van der Waals surface area contributed by atoms with Crippen LogP contribution in [0.1, 0.15) is 113 Å². The van der Waals surface area contributed by atoms with Crippen LogP contribution in [0.25, 0.3) is 33.3 Å². The number of nitrogens with zero attached hydrogens (tertiary/aromatic N) is 3. The third-order valence-electron chi connectivity index (χ3n) is 13.6. The van der Waals surface area contributed by atoms with Gasteiger partial charge in [0.2, 0.25) is 5.91 Å². The predicted molar refractivity (Wildman–Crippen MR) is 257 cm³/mol. The molecule has 2 aromatic carbocycles. The molecule has 0 radical (unpaired) electrons. The van der Waals surface area contributed by atoms with Gasteiger partial charge in [0.25, 0.3) is 14.2 Å². The van der Waals surface area contributed by atoms with Gasteiger partial charge in [-0.2, -0.15) is 0 Å². The Hall–Kier alpha value is -4.52. The number of hydrazine groups is 1. The van der Waals surface area contributed by atoms with Gasteiger partial charge in [0.15, 0.2) is 0 Å². The van der Waals surface area contributed by atoms with E-state index in [9.17, 15) is 14.4 Å². The van der Waals surface area contributed by atoms with E-state index in [1.54, 1.807) is 7.05 Å². The minimum absolute atomic E-state index is 0.0139. The lowest BCUT2D eigenvalue weighted by molar-refractivity contribution is -0.155. The fraction of sp³-hybridized carbons (Fsp3) is 0.569. The van der Waals surface area contributed by atoms with E-state index < -0.39 is 31.9 Å². The maximum atomic E-state index is 14.8. The molecule has 2 aromatic heterocycles. The number of carbonyl (C=O) groups is 3. The molecule has 3 atom stereocenters. The van der Waals surface area contributed by atoms with Crippen LogP contribution in [0.3, 0.4) is 0 Å². The van der Waals surface area contributed by atoms with Gasteiger partial charge in [-0.25, -0.2) is 5.43 Å². The molecular weight excluding hydrogens is 805 g/mol. The fourth-order valence-corrected chi connectivity index (χ4v) is 15.8. The van der Waals surface area contributed by atoms with E-state index in [1.807, 2.05) is 26.2 Å². The first-order valence-corrected chi connectivity index (χ1v) is 25.6. The first-order chi connectivity index (χ1) is 29.8. The molecule has 4 aromatic rings. The summed E-state index contributed by atoms with van der Waals surface area (Å²) >= 11 is 0. The minimum atomic E-state index is -2.43. The number of nitrogens with one attached hydrogen (secondary N) is 3. The number of amides is 2. The molecule has 12 heteroatoms. The molecule has 3 N–H and O–H groups in total. The maximum absolute atomic E-state index is 14.8. The molecule has 0 unspecified atom stereocenters. The quantitative estimate of drug-likeness (QED) is 0.0950. The second kappa shape index (κ2) is 19.7. The Morgan fingerprint density at radius 2 is 1.70 bits per heavy atom. The van der Waals surface area contributed by atoms with Gasteiger partial charge in [-0.1, -0.05) is 88.3 Å². The highest BCUT2D eigenvalue weighted by Crippen LogP contribution is 2.45. The summed E-state index contributed by atoms with van der Waals surface area (Å²) in [6, 6.07) is 13.1. The number of cyclic esters (lactones) is 1. The monoisotopic (exact) mass is 879 g/mol. The highest BCUT2D eigenvalue weighted by molar-refractivity contribution is 6.78. The Labute approximate surface area is 377 Å². The van der Waals surface area contributed by atoms with E-state index in [4.69, 9.17) is 9.16 Å². The van der Waals surface area contributed by atoms with Gasteiger partial charge in [-0.05, 0) is 120 Å². The number of esters is 1. The van der Waals surface area contributed by atoms with E-state index in [0.29, 0.717) is 42.4 Å². The summed E-state index contributed by atoms with van der Waals surface area (Å²) < 4.78 is 16.0. The molecule has 0 spiro atoms.